The zero-order chi connectivity index (χ0) is 16.8. The second-order valence-electron chi connectivity index (χ2n) is 7.12. The van der Waals surface area contributed by atoms with Crippen LogP contribution < -0.4 is 0 Å². The molecule has 1 heterocycles. The first-order chi connectivity index (χ1) is 10.2. The van der Waals surface area contributed by atoms with Crippen molar-refractivity contribution in [3.8, 4) is 0 Å². The van der Waals surface area contributed by atoms with Gasteiger partial charge in [-0.3, -0.25) is 0 Å². The molecule has 2 unspecified atom stereocenters. The van der Waals surface area contributed by atoms with Crippen molar-refractivity contribution in [2.75, 3.05) is 38.2 Å². The Morgan fingerprint density at radius 1 is 1.36 bits per heavy atom. The Morgan fingerprint density at radius 2 is 2.05 bits per heavy atom. The van der Waals surface area contributed by atoms with Gasteiger partial charge >= 0.3 is 6.09 Å². The van der Waals surface area contributed by atoms with Gasteiger partial charge in [0.25, 0.3) is 0 Å². The molecule has 1 saturated heterocycles. The van der Waals surface area contributed by atoms with Crippen molar-refractivity contribution in [3.63, 3.8) is 0 Å². The van der Waals surface area contributed by atoms with Crippen LogP contribution in [0.4, 0.5) is 4.79 Å². The molecule has 0 aromatic carbocycles. The monoisotopic (exact) mass is 379 g/mol. The quantitative estimate of drug-likeness (QED) is 0.635. The van der Waals surface area contributed by atoms with Crippen LogP contribution in [-0.2, 0) is 14.2 Å². The van der Waals surface area contributed by atoms with E-state index < -0.39 is 11.2 Å². The largest absolute Gasteiger partial charge is 0.444 e. The molecule has 0 aromatic rings. The van der Waals surface area contributed by atoms with E-state index in [2.05, 4.69) is 15.9 Å². The Kier molecular flexibility index (Phi) is 7.62. The molecule has 1 rings (SSSR count). The fourth-order valence-electron chi connectivity index (χ4n) is 2.20. The van der Waals surface area contributed by atoms with E-state index in [0.717, 1.165) is 19.6 Å². The first-order valence-corrected chi connectivity index (χ1v) is 9.07. The number of hydrogen-bond acceptors (Lipinski definition) is 4. The van der Waals surface area contributed by atoms with Gasteiger partial charge in [0, 0.05) is 24.4 Å². The van der Waals surface area contributed by atoms with Gasteiger partial charge in [0.2, 0.25) is 0 Å². The van der Waals surface area contributed by atoms with Crippen molar-refractivity contribution < 1.29 is 19.0 Å². The second kappa shape index (κ2) is 8.50. The molecule has 1 fully saturated rings. The third-order valence-electron chi connectivity index (χ3n) is 3.53. The minimum atomic E-state index is -0.489. The molecule has 0 aromatic heterocycles. The Morgan fingerprint density at radius 3 is 2.50 bits per heavy atom. The molecule has 1 aliphatic heterocycles. The SMILES string of the molecule is CCN(CC(C)(CBr)OCC1CCOC1)C(=O)OC(C)(C)C. The predicted molar refractivity (Wildman–Crippen MR) is 90.6 cm³/mol. The van der Waals surface area contributed by atoms with Crippen molar-refractivity contribution >= 4 is 22.0 Å². The summed E-state index contributed by atoms with van der Waals surface area (Å²) in [6.45, 7) is 12.9. The summed E-state index contributed by atoms with van der Waals surface area (Å²) in [6.07, 6.45) is 0.747. The molecule has 2 atom stereocenters. The molecule has 22 heavy (non-hydrogen) atoms. The number of ether oxygens (including phenoxy) is 3. The topological polar surface area (TPSA) is 48.0 Å². The Labute approximate surface area is 142 Å². The Balaban J connectivity index is 2.57. The molecule has 0 N–H and O–H groups in total. The van der Waals surface area contributed by atoms with Gasteiger partial charge in [-0.2, -0.15) is 0 Å². The van der Waals surface area contributed by atoms with Crippen LogP contribution >= 0.6 is 15.9 Å². The van der Waals surface area contributed by atoms with E-state index in [1.54, 1.807) is 4.90 Å². The van der Waals surface area contributed by atoms with E-state index in [9.17, 15) is 4.79 Å². The fourth-order valence-corrected chi connectivity index (χ4v) is 2.54. The average molecular weight is 380 g/mol. The van der Waals surface area contributed by atoms with E-state index in [1.165, 1.54) is 0 Å². The van der Waals surface area contributed by atoms with Crippen molar-refractivity contribution in [2.45, 2.75) is 52.2 Å². The van der Waals surface area contributed by atoms with Crippen LogP contribution in [0.15, 0.2) is 0 Å². The highest BCUT2D eigenvalue weighted by Gasteiger charge is 2.32. The lowest BCUT2D eigenvalue weighted by Gasteiger charge is -2.35. The molecule has 0 aliphatic carbocycles. The van der Waals surface area contributed by atoms with Gasteiger partial charge in [0.15, 0.2) is 0 Å². The predicted octanol–water partition coefficient (Wildman–Crippen LogP) is 3.45. The molecule has 1 aliphatic rings. The molecular weight excluding hydrogens is 350 g/mol. The molecule has 5 nitrogen and oxygen atoms in total. The molecule has 1 amide bonds. The van der Waals surface area contributed by atoms with Gasteiger partial charge in [0.05, 0.1) is 25.4 Å². The Bertz CT molecular complexity index is 353. The number of alkyl halides is 1. The highest BCUT2D eigenvalue weighted by molar-refractivity contribution is 9.09. The summed E-state index contributed by atoms with van der Waals surface area (Å²) in [5, 5.41) is 0.660. The summed E-state index contributed by atoms with van der Waals surface area (Å²) in [7, 11) is 0. The smallest absolute Gasteiger partial charge is 0.410 e. The molecule has 0 spiro atoms. The first kappa shape index (κ1) is 19.7. The number of likely N-dealkylation sites (N-methyl/N-ethyl adjacent to an activating group) is 1. The van der Waals surface area contributed by atoms with Crippen LogP contribution in [0, 0.1) is 5.92 Å². The van der Waals surface area contributed by atoms with E-state index in [-0.39, 0.29) is 6.09 Å². The number of carbonyl (C=O) groups excluding carboxylic acids is 1. The lowest BCUT2D eigenvalue weighted by atomic mass is 10.1. The van der Waals surface area contributed by atoms with E-state index in [4.69, 9.17) is 14.2 Å². The van der Waals surface area contributed by atoms with Gasteiger partial charge in [-0.15, -0.1) is 0 Å². The molecule has 130 valence electrons. The van der Waals surface area contributed by atoms with E-state index in [0.29, 0.717) is 30.9 Å². The number of nitrogens with zero attached hydrogens (tertiary/aromatic N) is 1. The summed E-state index contributed by atoms with van der Waals surface area (Å²) < 4.78 is 16.9. The highest BCUT2D eigenvalue weighted by Crippen LogP contribution is 2.21. The summed E-state index contributed by atoms with van der Waals surface area (Å²) in [4.78, 5) is 13.9. The summed E-state index contributed by atoms with van der Waals surface area (Å²) in [5.74, 6) is 0.454. The minimum Gasteiger partial charge on any atom is -0.444 e. The number of halogens is 1. The van der Waals surface area contributed by atoms with Crippen LogP contribution in [0.3, 0.4) is 0 Å². The fraction of sp³-hybridized carbons (Fsp3) is 0.938. The van der Waals surface area contributed by atoms with Crippen molar-refractivity contribution in [3.05, 3.63) is 0 Å². The van der Waals surface area contributed by atoms with Crippen LogP contribution in [0.25, 0.3) is 0 Å². The third-order valence-corrected chi connectivity index (χ3v) is 4.72. The number of hydrogen-bond donors (Lipinski definition) is 0. The van der Waals surface area contributed by atoms with Crippen LogP contribution in [-0.4, -0.2) is 60.4 Å². The van der Waals surface area contributed by atoms with Gasteiger partial charge in [-0.05, 0) is 41.0 Å². The zero-order valence-electron chi connectivity index (χ0n) is 14.5. The maximum absolute atomic E-state index is 12.3. The van der Waals surface area contributed by atoms with E-state index >= 15 is 0 Å². The molecule has 0 radical (unpaired) electrons. The molecule has 0 bridgehead atoms. The summed E-state index contributed by atoms with van der Waals surface area (Å²) >= 11 is 3.51. The minimum absolute atomic E-state index is 0.296. The van der Waals surface area contributed by atoms with Crippen LogP contribution in [0.1, 0.15) is 41.0 Å². The van der Waals surface area contributed by atoms with Gasteiger partial charge < -0.3 is 19.1 Å². The highest BCUT2D eigenvalue weighted by atomic mass is 79.9. The van der Waals surface area contributed by atoms with Crippen molar-refractivity contribution in [1.29, 1.82) is 0 Å². The molecule has 0 saturated carbocycles. The normalized spacial score (nSPS) is 21.5. The second-order valence-corrected chi connectivity index (χ2v) is 7.68. The maximum atomic E-state index is 12.3. The van der Waals surface area contributed by atoms with Gasteiger partial charge in [-0.25, -0.2) is 4.79 Å². The van der Waals surface area contributed by atoms with Crippen molar-refractivity contribution in [1.82, 2.24) is 4.90 Å². The molecular formula is C16H30BrNO4. The summed E-state index contributed by atoms with van der Waals surface area (Å²) in [5.41, 5.74) is -0.924. The standard InChI is InChI=1S/C16H30BrNO4/c1-6-18(14(19)22-15(2,3)4)12-16(5,11-17)21-10-13-7-8-20-9-13/h13H,6-12H2,1-5H3. The summed E-state index contributed by atoms with van der Waals surface area (Å²) in [6, 6.07) is 0. The zero-order valence-corrected chi connectivity index (χ0v) is 16.1. The Hall–Kier alpha value is -0.330. The molecule has 6 heteroatoms. The van der Waals surface area contributed by atoms with E-state index in [1.807, 2.05) is 34.6 Å². The lowest BCUT2D eigenvalue weighted by Crippen LogP contribution is -2.48. The van der Waals surface area contributed by atoms with Crippen molar-refractivity contribution in [2.24, 2.45) is 5.92 Å². The number of amides is 1. The lowest BCUT2D eigenvalue weighted by molar-refractivity contribution is -0.0549. The van der Waals surface area contributed by atoms with Gasteiger partial charge in [-0.1, -0.05) is 15.9 Å². The van der Waals surface area contributed by atoms with Gasteiger partial charge in [0.1, 0.15) is 5.60 Å². The van der Waals surface area contributed by atoms with Crippen LogP contribution in [0.2, 0.25) is 0 Å². The number of carbonyl (C=O) groups is 1. The first-order valence-electron chi connectivity index (χ1n) is 7.94. The third kappa shape index (κ3) is 6.84. The average Bonchev–Trinajstić information content (AvgIpc) is 2.94. The number of rotatable bonds is 7. The maximum Gasteiger partial charge on any atom is 0.410 e. The van der Waals surface area contributed by atoms with Crippen LogP contribution in [0.5, 0.6) is 0 Å².